The van der Waals surface area contributed by atoms with Crippen LogP contribution in [-0.4, -0.2) is 14.7 Å². The van der Waals surface area contributed by atoms with Crippen molar-refractivity contribution in [3.63, 3.8) is 0 Å². The summed E-state index contributed by atoms with van der Waals surface area (Å²) in [5, 5.41) is 3.33. The lowest BCUT2D eigenvalue weighted by molar-refractivity contribution is 0.662. The van der Waals surface area contributed by atoms with Gasteiger partial charge in [0.05, 0.1) is 0 Å². The molecule has 3 N–H and O–H groups in total. The maximum Gasteiger partial charge on any atom is 0.164 e. The van der Waals surface area contributed by atoms with Gasteiger partial charge in [0, 0.05) is 19.4 Å². The van der Waals surface area contributed by atoms with E-state index in [2.05, 4.69) is 10.3 Å². The zero-order chi connectivity index (χ0) is 12.3. The summed E-state index contributed by atoms with van der Waals surface area (Å²) in [7, 11) is 1.94. The van der Waals surface area contributed by atoms with Crippen LogP contribution in [0.25, 0.3) is 0 Å². The van der Waals surface area contributed by atoms with Crippen molar-refractivity contribution in [2.75, 3.05) is 0 Å². The van der Waals surface area contributed by atoms with Crippen LogP contribution in [0, 0.1) is 0 Å². The van der Waals surface area contributed by atoms with Crippen molar-refractivity contribution in [2.45, 2.75) is 6.04 Å². The smallest absolute Gasteiger partial charge is 0.164 e. The second-order valence-corrected chi connectivity index (χ2v) is 4.19. The Bertz CT molecular complexity index is 506. The van der Waals surface area contributed by atoms with Gasteiger partial charge < -0.3 is 15.6 Å². The standard InChI is InChI=1S/C12H14N4S/c1-16-8-7-14-11(16)10(15-12(13)17)9-5-3-2-4-6-9/h2-8,10H,1H3,(H3,13,15,17). The second-order valence-electron chi connectivity index (χ2n) is 3.75. The van der Waals surface area contributed by atoms with Gasteiger partial charge >= 0.3 is 0 Å². The molecule has 2 rings (SSSR count). The van der Waals surface area contributed by atoms with E-state index in [4.69, 9.17) is 18.0 Å². The molecule has 1 heterocycles. The summed E-state index contributed by atoms with van der Waals surface area (Å²) in [5.74, 6) is 0.879. The van der Waals surface area contributed by atoms with Gasteiger partial charge in [-0.05, 0) is 17.8 Å². The Kier molecular flexibility index (Phi) is 3.39. The number of thiocarbonyl (C=S) groups is 1. The molecular formula is C12H14N4S. The minimum Gasteiger partial charge on any atom is -0.376 e. The van der Waals surface area contributed by atoms with Gasteiger partial charge in [-0.25, -0.2) is 4.98 Å². The Morgan fingerprint density at radius 3 is 2.65 bits per heavy atom. The molecule has 0 bridgehead atoms. The van der Waals surface area contributed by atoms with E-state index in [-0.39, 0.29) is 11.2 Å². The van der Waals surface area contributed by atoms with E-state index < -0.39 is 0 Å². The molecule has 0 aliphatic rings. The Balaban J connectivity index is 2.39. The summed E-state index contributed by atoms with van der Waals surface area (Å²) in [5.41, 5.74) is 6.65. The average Bonchev–Trinajstić information content (AvgIpc) is 2.73. The molecule has 0 radical (unpaired) electrons. The van der Waals surface area contributed by atoms with Crippen LogP contribution in [0.4, 0.5) is 0 Å². The van der Waals surface area contributed by atoms with Crippen molar-refractivity contribution in [1.82, 2.24) is 14.9 Å². The third-order valence-corrected chi connectivity index (χ3v) is 2.65. The number of imidazole rings is 1. The van der Waals surface area contributed by atoms with Crippen LogP contribution < -0.4 is 11.1 Å². The summed E-state index contributed by atoms with van der Waals surface area (Å²) in [4.78, 5) is 4.33. The zero-order valence-corrected chi connectivity index (χ0v) is 10.3. The molecule has 0 fully saturated rings. The number of aryl methyl sites for hydroxylation is 1. The normalized spacial score (nSPS) is 12.1. The fourth-order valence-electron chi connectivity index (χ4n) is 1.74. The number of hydrogen-bond acceptors (Lipinski definition) is 2. The second kappa shape index (κ2) is 4.97. The maximum atomic E-state index is 5.57. The summed E-state index contributed by atoms with van der Waals surface area (Å²) in [6.07, 6.45) is 3.65. The molecule has 1 aromatic carbocycles. The predicted octanol–water partition coefficient (Wildman–Crippen LogP) is 1.34. The van der Waals surface area contributed by atoms with Gasteiger partial charge in [-0.15, -0.1) is 0 Å². The highest BCUT2D eigenvalue weighted by Crippen LogP contribution is 2.19. The molecule has 88 valence electrons. The van der Waals surface area contributed by atoms with E-state index in [9.17, 15) is 0 Å². The molecule has 4 nitrogen and oxygen atoms in total. The average molecular weight is 246 g/mol. The first kappa shape index (κ1) is 11.6. The largest absolute Gasteiger partial charge is 0.376 e. The minimum atomic E-state index is -0.117. The van der Waals surface area contributed by atoms with Gasteiger partial charge in [0.15, 0.2) is 5.11 Å². The first-order valence-corrected chi connectivity index (χ1v) is 5.67. The highest BCUT2D eigenvalue weighted by molar-refractivity contribution is 7.80. The van der Waals surface area contributed by atoms with E-state index in [0.717, 1.165) is 11.4 Å². The lowest BCUT2D eigenvalue weighted by Crippen LogP contribution is -2.34. The summed E-state index contributed by atoms with van der Waals surface area (Å²) in [6.45, 7) is 0. The van der Waals surface area contributed by atoms with Crippen molar-refractivity contribution in [2.24, 2.45) is 12.8 Å². The van der Waals surface area contributed by atoms with Gasteiger partial charge in [0.1, 0.15) is 11.9 Å². The van der Waals surface area contributed by atoms with Crippen molar-refractivity contribution in [3.05, 3.63) is 54.1 Å². The summed E-state index contributed by atoms with van der Waals surface area (Å²) >= 11 is 4.92. The van der Waals surface area contributed by atoms with Crippen LogP contribution >= 0.6 is 12.2 Å². The van der Waals surface area contributed by atoms with Crippen molar-refractivity contribution in [1.29, 1.82) is 0 Å². The van der Waals surface area contributed by atoms with E-state index in [1.807, 2.05) is 48.1 Å². The molecule has 0 saturated carbocycles. The lowest BCUT2D eigenvalue weighted by Gasteiger charge is -2.18. The summed E-state index contributed by atoms with van der Waals surface area (Å²) in [6, 6.07) is 9.85. The fraction of sp³-hybridized carbons (Fsp3) is 0.167. The van der Waals surface area contributed by atoms with Crippen LogP contribution in [0.2, 0.25) is 0 Å². The molecule has 1 aromatic heterocycles. The topological polar surface area (TPSA) is 55.9 Å². The Labute approximate surface area is 105 Å². The van der Waals surface area contributed by atoms with Crippen LogP contribution in [0.1, 0.15) is 17.4 Å². The Hall–Kier alpha value is -1.88. The van der Waals surface area contributed by atoms with Gasteiger partial charge in [0.2, 0.25) is 0 Å². The molecule has 0 aliphatic carbocycles. The van der Waals surface area contributed by atoms with E-state index in [0.29, 0.717) is 0 Å². The predicted molar refractivity (Wildman–Crippen MR) is 71.4 cm³/mol. The molecule has 1 unspecified atom stereocenters. The Morgan fingerprint density at radius 1 is 1.41 bits per heavy atom. The van der Waals surface area contributed by atoms with Gasteiger partial charge in [-0.2, -0.15) is 0 Å². The maximum absolute atomic E-state index is 5.57. The van der Waals surface area contributed by atoms with Gasteiger partial charge in [-0.1, -0.05) is 30.3 Å². The molecule has 2 aromatic rings. The number of nitrogens with zero attached hydrogens (tertiary/aromatic N) is 2. The highest BCUT2D eigenvalue weighted by atomic mass is 32.1. The fourth-order valence-corrected chi connectivity index (χ4v) is 1.86. The highest BCUT2D eigenvalue weighted by Gasteiger charge is 2.17. The molecule has 0 amide bonds. The van der Waals surface area contributed by atoms with E-state index >= 15 is 0 Å². The van der Waals surface area contributed by atoms with Crippen molar-refractivity contribution < 1.29 is 0 Å². The first-order valence-electron chi connectivity index (χ1n) is 5.26. The van der Waals surface area contributed by atoms with Crippen molar-refractivity contribution in [3.8, 4) is 0 Å². The SMILES string of the molecule is Cn1ccnc1C(NC(N)=S)c1ccccc1. The monoisotopic (exact) mass is 246 g/mol. The summed E-state index contributed by atoms with van der Waals surface area (Å²) < 4.78 is 1.95. The third-order valence-electron chi connectivity index (χ3n) is 2.54. The van der Waals surface area contributed by atoms with Crippen LogP contribution in [-0.2, 0) is 7.05 Å². The molecule has 0 saturated heterocycles. The van der Waals surface area contributed by atoms with Crippen molar-refractivity contribution >= 4 is 17.3 Å². The Morgan fingerprint density at radius 2 is 2.12 bits per heavy atom. The van der Waals surface area contributed by atoms with Crippen LogP contribution in [0.5, 0.6) is 0 Å². The van der Waals surface area contributed by atoms with E-state index in [1.54, 1.807) is 6.20 Å². The number of aromatic nitrogens is 2. The molecule has 0 aliphatic heterocycles. The number of benzene rings is 1. The first-order chi connectivity index (χ1) is 8.18. The molecule has 1 atom stereocenters. The van der Waals surface area contributed by atoms with Crippen LogP contribution in [0.15, 0.2) is 42.7 Å². The van der Waals surface area contributed by atoms with Gasteiger partial charge in [-0.3, -0.25) is 0 Å². The molecule has 5 heteroatoms. The van der Waals surface area contributed by atoms with Gasteiger partial charge in [0.25, 0.3) is 0 Å². The van der Waals surface area contributed by atoms with E-state index in [1.165, 1.54) is 0 Å². The molecule has 17 heavy (non-hydrogen) atoms. The number of hydrogen-bond donors (Lipinski definition) is 2. The quantitative estimate of drug-likeness (QED) is 0.803. The molecule has 0 spiro atoms. The number of nitrogens with one attached hydrogen (secondary N) is 1. The third kappa shape index (κ3) is 2.62. The number of nitrogens with two attached hydrogens (primary N) is 1. The zero-order valence-electron chi connectivity index (χ0n) is 9.50. The lowest BCUT2D eigenvalue weighted by atomic mass is 10.1. The number of rotatable bonds is 3. The molecular weight excluding hydrogens is 232 g/mol. The minimum absolute atomic E-state index is 0.117. The van der Waals surface area contributed by atoms with Crippen LogP contribution in [0.3, 0.4) is 0 Å².